The van der Waals surface area contributed by atoms with E-state index in [-0.39, 0.29) is 5.41 Å². The summed E-state index contributed by atoms with van der Waals surface area (Å²) in [5.41, 5.74) is 9.21. The van der Waals surface area contributed by atoms with E-state index >= 15 is 0 Å². The molecule has 1 atom stereocenters. The average Bonchev–Trinajstić information content (AvgIpc) is 2.71. The molecule has 98 valence electrons. The van der Waals surface area contributed by atoms with Gasteiger partial charge in [0.25, 0.3) is 0 Å². The zero-order valence-electron chi connectivity index (χ0n) is 11.8. The highest BCUT2D eigenvalue weighted by atomic mass is 15.2. The number of nitrogens with zero attached hydrogens (tertiary/aromatic N) is 2. The number of nitrogens with one attached hydrogen (secondary N) is 1. The number of hydrogen-bond acceptors (Lipinski definition) is 3. The van der Waals surface area contributed by atoms with Crippen LogP contribution in [-0.2, 0) is 0 Å². The van der Waals surface area contributed by atoms with Crippen molar-refractivity contribution in [2.24, 2.45) is 5.41 Å². The smallest absolute Gasteiger partial charge is 0.0672 e. The molecule has 4 heteroatoms. The lowest BCUT2D eigenvalue weighted by molar-refractivity contribution is 0.330. The summed E-state index contributed by atoms with van der Waals surface area (Å²) >= 11 is 0. The van der Waals surface area contributed by atoms with Crippen LogP contribution >= 0.6 is 0 Å². The van der Waals surface area contributed by atoms with E-state index in [1.807, 2.05) is 6.07 Å². The molecule has 1 heterocycles. The Morgan fingerprint density at radius 3 is 2.61 bits per heavy atom. The molecule has 0 fully saturated rings. The molecule has 0 radical (unpaired) electrons. The molecular formula is C14H22N4. The van der Waals surface area contributed by atoms with Crippen LogP contribution < -0.4 is 10.6 Å². The second-order valence-electron chi connectivity index (χ2n) is 6.02. The molecule has 0 amide bonds. The normalized spacial score (nSPS) is 13.8. The van der Waals surface area contributed by atoms with Gasteiger partial charge >= 0.3 is 0 Å². The lowest BCUT2D eigenvalue weighted by atomic mass is 9.87. The van der Waals surface area contributed by atoms with Crippen LogP contribution in [0.3, 0.4) is 0 Å². The Labute approximate surface area is 108 Å². The van der Waals surface area contributed by atoms with Gasteiger partial charge in [0.2, 0.25) is 0 Å². The summed E-state index contributed by atoms with van der Waals surface area (Å²) in [6.07, 6.45) is 1.79. The number of H-pyrrole nitrogens is 1. The fourth-order valence-electron chi connectivity index (χ4n) is 2.09. The predicted octanol–water partition coefficient (Wildman–Crippen LogP) is 3.02. The van der Waals surface area contributed by atoms with Gasteiger partial charge in [-0.05, 0) is 24.5 Å². The van der Waals surface area contributed by atoms with E-state index in [9.17, 15) is 0 Å². The predicted molar refractivity (Wildman–Crippen MR) is 77.8 cm³/mol. The molecule has 0 spiro atoms. The van der Waals surface area contributed by atoms with Crippen molar-refractivity contribution >= 4 is 22.3 Å². The summed E-state index contributed by atoms with van der Waals surface area (Å²) in [4.78, 5) is 2.23. The highest BCUT2D eigenvalue weighted by Crippen LogP contribution is 2.33. The number of aromatic amines is 1. The summed E-state index contributed by atoms with van der Waals surface area (Å²) in [5.74, 6) is 0. The number of hydrogen-bond donors (Lipinski definition) is 2. The van der Waals surface area contributed by atoms with Crippen molar-refractivity contribution < 1.29 is 0 Å². The van der Waals surface area contributed by atoms with E-state index in [1.54, 1.807) is 6.20 Å². The number of anilines is 2. The highest BCUT2D eigenvalue weighted by Gasteiger charge is 2.25. The molecule has 0 aliphatic rings. The Hall–Kier alpha value is -1.71. The van der Waals surface area contributed by atoms with E-state index < -0.39 is 0 Å². The van der Waals surface area contributed by atoms with Crippen LogP contribution in [0.2, 0.25) is 0 Å². The second-order valence-corrected chi connectivity index (χ2v) is 6.02. The summed E-state index contributed by atoms with van der Waals surface area (Å²) in [7, 11) is 2.09. The summed E-state index contributed by atoms with van der Waals surface area (Å²) in [5, 5.41) is 8.07. The Morgan fingerprint density at radius 1 is 1.33 bits per heavy atom. The maximum absolute atomic E-state index is 6.14. The summed E-state index contributed by atoms with van der Waals surface area (Å²) in [6.45, 7) is 8.92. The monoisotopic (exact) mass is 246 g/mol. The largest absolute Gasteiger partial charge is 0.397 e. The number of nitrogens with two attached hydrogens (primary N) is 1. The number of nitrogen functional groups attached to an aromatic ring is 1. The first-order valence-electron chi connectivity index (χ1n) is 6.26. The van der Waals surface area contributed by atoms with Crippen LogP contribution in [-0.4, -0.2) is 23.3 Å². The van der Waals surface area contributed by atoms with Crippen LogP contribution in [0.15, 0.2) is 18.3 Å². The van der Waals surface area contributed by atoms with Gasteiger partial charge in [-0.15, -0.1) is 0 Å². The van der Waals surface area contributed by atoms with Crippen LogP contribution in [0.25, 0.3) is 10.9 Å². The molecule has 0 saturated heterocycles. The van der Waals surface area contributed by atoms with Gasteiger partial charge in [-0.25, -0.2) is 0 Å². The number of aromatic nitrogens is 2. The van der Waals surface area contributed by atoms with Gasteiger partial charge in [0.15, 0.2) is 0 Å². The number of benzene rings is 1. The van der Waals surface area contributed by atoms with Crippen molar-refractivity contribution in [3.05, 3.63) is 18.3 Å². The molecule has 0 aliphatic heterocycles. The Kier molecular flexibility index (Phi) is 2.97. The quantitative estimate of drug-likeness (QED) is 0.801. The fourth-order valence-corrected chi connectivity index (χ4v) is 2.09. The molecule has 0 aliphatic carbocycles. The van der Waals surface area contributed by atoms with Gasteiger partial charge < -0.3 is 10.6 Å². The van der Waals surface area contributed by atoms with E-state index in [0.29, 0.717) is 6.04 Å². The van der Waals surface area contributed by atoms with Crippen molar-refractivity contribution in [1.82, 2.24) is 10.2 Å². The van der Waals surface area contributed by atoms with Crippen molar-refractivity contribution in [1.29, 1.82) is 0 Å². The Morgan fingerprint density at radius 2 is 2.00 bits per heavy atom. The zero-order chi connectivity index (χ0) is 13.5. The van der Waals surface area contributed by atoms with Crippen LogP contribution in [0, 0.1) is 5.41 Å². The van der Waals surface area contributed by atoms with Crippen molar-refractivity contribution in [2.75, 3.05) is 17.7 Å². The van der Waals surface area contributed by atoms with Gasteiger partial charge in [-0.3, -0.25) is 5.10 Å². The molecule has 18 heavy (non-hydrogen) atoms. The first-order chi connectivity index (χ1) is 8.30. The second kappa shape index (κ2) is 4.19. The van der Waals surface area contributed by atoms with Gasteiger partial charge in [0.05, 0.1) is 23.1 Å². The topological polar surface area (TPSA) is 57.9 Å². The van der Waals surface area contributed by atoms with Gasteiger partial charge in [-0.1, -0.05) is 20.8 Å². The minimum absolute atomic E-state index is 0.199. The van der Waals surface area contributed by atoms with E-state index in [2.05, 4.69) is 55.9 Å². The maximum Gasteiger partial charge on any atom is 0.0672 e. The van der Waals surface area contributed by atoms with Gasteiger partial charge in [0.1, 0.15) is 0 Å². The van der Waals surface area contributed by atoms with Gasteiger partial charge in [0, 0.05) is 18.5 Å². The molecular weight excluding hydrogens is 224 g/mol. The van der Waals surface area contributed by atoms with Gasteiger partial charge in [-0.2, -0.15) is 5.10 Å². The standard InChI is InChI=1S/C14H22N4/c1-9(14(2,3)4)18(5)13-7-12-10(6-11(13)15)8-16-17-12/h6-9H,15H2,1-5H3,(H,16,17). The molecule has 3 N–H and O–H groups in total. The third kappa shape index (κ3) is 2.15. The highest BCUT2D eigenvalue weighted by molar-refractivity contribution is 5.88. The fraction of sp³-hybridized carbons (Fsp3) is 0.500. The lowest BCUT2D eigenvalue weighted by Crippen LogP contribution is -2.39. The van der Waals surface area contributed by atoms with E-state index in [0.717, 1.165) is 22.3 Å². The van der Waals surface area contributed by atoms with Crippen LogP contribution in [0.4, 0.5) is 11.4 Å². The molecule has 0 saturated carbocycles. The Balaban J connectivity index is 2.43. The molecule has 0 bridgehead atoms. The molecule has 1 unspecified atom stereocenters. The Bertz CT molecular complexity index is 550. The minimum atomic E-state index is 0.199. The lowest BCUT2D eigenvalue weighted by Gasteiger charge is -2.37. The SMILES string of the molecule is CC(N(C)c1cc2[nH]ncc2cc1N)C(C)(C)C. The van der Waals surface area contributed by atoms with Crippen molar-refractivity contribution in [2.45, 2.75) is 33.7 Å². The van der Waals surface area contributed by atoms with Crippen molar-refractivity contribution in [3.63, 3.8) is 0 Å². The molecule has 1 aromatic heterocycles. The zero-order valence-corrected chi connectivity index (χ0v) is 11.8. The first kappa shape index (κ1) is 12.7. The molecule has 2 rings (SSSR count). The van der Waals surface area contributed by atoms with Crippen LogP contribution in [0.5, 0.6) is 0 Å². The van der Waals surface area contributed by atoms with Crippen molar-refractivity contribution in [3.8, 4) is 0 Å². The third-order valence-electron chi connectivity index (χ3n) is 3.80. The number of fused-ring (bicyclic) bond motifs is 1. The maximum atomic E-state index is 6.14. The number of rotatable bonds is 2. The van der Waals surface area contributed by atoms with E-state index in [4.69, 9.17) is 5.73 Å². The van der Waals surface area contributed by atoms with E-state index in [1.165, 1.54) is 0 Å². The summed E-state index contributed by atoms with van der Waals surface area (Å²) in [6, 6.07) is 4.43. The minimum Gasteiger partial charge on any atom is -0.397 e. The van der Waals surface area contributed by atoms with Crippen LogP contribution in [0.1, 0.15) is 27.7 Å². The molecule has 4 nitrogen and oxygen atoms in total. The third-order valence-corrected chi connectivity index (χ3v) is 3.80. The average molecular weight is 246 g/mol. The first-order valence-corrected chi connectivity index (χ1v) is 6.26. The molecule has 2 aromatic rings. The summed E-state index contributed by atoms with van der Waals surface area (Å²) < 4.78 is 0. The molecule has 1 aromatic carbocycles.